The molecule has 2 aromatic rings. The molecule has 3 rings (SSSR count). The largest absolute Gasteiger partial charge is 0.445 e. The highest BCUT2D eigenvalue weighted by Crippen LogP contribution is 2.11. The number of amides is 2. The van der Waals surface area contributed by atoms with E-state index in [-0.39, 0.29) is 18.6 Å². The summed E-state index contributed by atoms with van der Waals surface area (Å²) in [4.78, 5) is 39.4. The third-order valence-electron chi connectivity index (χ3n) is 5.42. The van der Waals surface area contributed by atoms with E-state index >= 15 is 0 Å². The van der Waals surface area contributed by atoms with E-state index in [9.17, 15) is 14.4 Å². The standard InChI is InChI=1S/C23H26N2O4/c1-24(23(28)29-17-19-11-6-3-7-12-19)21(15-18-9-4-2-5-10-18)22(27)25-14-8-13-20(25)16-26/h2-7,9-12,16,20-21H,8,13-15,17H2,1H3/p+1/t20-,21+/m0/s1. The minimum atomic E-state index is -0.698. The molecule has 1 unspecified atom stereocenters. The Balaban J connectivity index is 1.74. The Kier molecular flexibility index (Phi) is 7.14. The number of ether oxygens (including phenoxy) is 1. The zero-order chi connectivity index (χ0) is 20.6. The van der Waals surface area contributed by atoms with Gasteiger partial charge in [0.05, 0.1) is 6.54 Å². The molecular formula is C23H27N2O4+. The van der Waals surface area contributed by atoms with Gasteiger partial charge in [-0.05, 0) is 11.1 Å². The van der Waals surface area contributed by atoms with Crippen LogP contribution in [0.5, 0.6) is 0 Å². The van der Waals surface area contributed by atoms with E-state index in [4.69, 9.17) is 4.74 Å². The van der Waals surface area contributed by atoms with Crippen LogP contribution in [0.4, 0.5) is 4.79 Å². The van der Waals surface area contributed by atoms with Gasteiger partial charge in [-0.15, -0.1) is 0 Å². The Labute approximate surface area is 171 Å². The number of likely N-dealkylation sites (tertiary alicyclic amines) is 1. The van der Waals surface area contributed by atoms with E-state index in [1.54, 1.807) is 7.05 Å². The van der Waals surface area contributed by atoms with Crippen molar-refractivity contribution in [1.29, 1.82) is 0 Å². The summed E-state index contributed by atoms with van der Waals surface area (Å²) < 4.78 is 5.43. The van der Waals surface area contributed by atoms with Gasteiger partial charge in [0.15, 0.2) is 18.4 Å². The first-order valence-electron chi connectivity index (χ1n) is 9.92. The van der Waals surface area contributed by atoms with Crippen molar-refractivity contribution in [3.8, 4) is 0 Å². The molecule has 6 heteroatoms. The lowest BCUT2D eigenvalue weighted by Gasteiger charge is -2.28. The summed E-state index contributed by atoms with van der Waals surface area (Å²) in [7, 11) is 1.59. The molecule has 0 bridgehead atoms. The molecule has 1 heterocycles. The average Bonchev–Trinajstić information content (AvgIpc) is 3.25. The molecule has 29 heavy (non-hydrogen) atoms. The first kappa shape index (κ1) is 20.7. The van der Waals surface area contributed by atoms with E-state index < -0.39 is 12.1 Å². The van der Waals surface area contributed by atoms with E-state index in [1.807, 2.05) is 60.7 Å². The number of aldehydes is 1. The lowest BCUT2D eigenvalue weighted by molar-refractivity contribution is -0.823. The van der Waals surface area contributed by atoms with Gasteiger partial charge in [0, 0.05) is 26.3 Å². The van der Waals surface area contributed by atoms with Crippen LogP contribution >= 0.6 is 0 Å². The van der Waals surface area contributed by atoms with Gasteiger partial charge >= 0.3 is 12.0 Å². The lowest BCUT2D eigenvalue weighted by atomic mass is 10.0. The number of carbonyl (C=O) groups is 3. The van der Waals surface area contributed by atoms with Crippen molar-refractivity contribution in [2.75, 3.05) is 13.6 Å². The highest BCUT2D eigenvalue weighted by Gasteiger charge is 2.41. The number of hydrogen-bond acceptors (Lipinski definition) is 4. The maximum atomic E-state index is 13.3. The molecule has 2 aromatic carbocycles. The predicted octanol–water partition coefficient (Wildman–Crippen LogP) is 1.64. The summed E-state index contributed by atoms with van der Waals surface area (Å²) in [5.74, 6) is -0.136. The first-order chi connectivity index (χ1) is 14.1. The van der Waals surface area contributed by atoms with Crippen molar-refractivity contribution in [2.45, 2.75) is 38.0 Å². The highest BCUT2D eigenvalue weighted by atomic mass is 16.6. The lowest BCUT2D eigenvalue weighted by Crippen LogP contribution is -3.18. The predicted molar refractivity (Wildman–Crippen MR) is 108 cm³/mol. The van der Waals surface area contributed by atoms with Crippen LogP contribution in [-0.2, 0) is 27.4 Å². The number of nitrogens with zero attached hydrogens (tertiary/aromatic N) is 1. The molecule has 1 fully saturated rings. The summed E-state index contributed by atoms with van der Waals surface area (Å²) >= 11 is 0. The molecule has 1 saturated heterocycles. The summed E-state index contributed by atoms with van der Waals surface area (Å²) in [5.41, 5.74) is 1.83. The minimum absolute atomic E-state index is 0.136. The smallest absolute Gasteiger partial charge is 0.410 e. The number of rotatable bonds is 7. The Bertz CT molecular complexity index is 825. The zero-order valence-corrected chi connectivity index (χ0v) is 16.6. The number of likely N-dealkylation sites (N-methyl/N-ethyl adjacent to an activating group) is 1. The first-order valence-corrected chi connectivity index (χ1v) is 9.92. The molecule has 1 aliphatic heterocycles. The summed E-state index contributed by atoms with van der Waals surface area (Å²) in [6, 6.07) is 18.0. The van der Waals surface area contributed by atoms with Crippen LogP contribution in [0.3, 0.4) is 0 Å². The maximum Gasteiger partial charge on any atom is 0.410 e. The molecular weight excluding hydrogens is 368 g/mol. The third kappa shape index (κ3) is 5.29. The Hall–Kier alpha value is -2.99. The zero-order valence-electron chi connectivity index (χ0n) is 16.6. The molecule has 2 amide bonds. The van der Waals surface area contributed by atoms with Crippen molar-refractivity contribution in [1.82, 2.24) is 4.90 Å². The summed E-state index contributed by atoms with van der Waals surface area (Å²) in [5, 5.41) is 0. The maximum absolute atomic E-state index is 13.3. The second-order valence-electron chi connectivity index (χ2n) is 7.38. The van der Waals surface area contributed by atoms with Crippen LogP contribution in [-0.4, -0.2) is 48.9 Å². The second kappa shape index (κ2) is 9.98. The van der Waals surface area contributed by atoms with Gasteiger partial charge in [0.25, 0.3) is 0 Å². The van der Waals surface area contributed by atoms with E-state index in [0.717, 1.165) is 23.8 Å². The van der Waals surface area contributed by atoms with Crippen molar-refractivity contribution in [3.63, 3.8) is 0 Å². The number of hydrogen-bond donors (Lipinski definition) is 1. The molecule has 0 aromatic heterocycles. The SMILES string of the molecule is CN(C(=O)OCc1ccccc1)[C@H](Cc1ccccc1)C(=O)[NH+]1CCC[C@H]1C=O. The Morgan fingerprint density at radius 2 is 1.72 bits per heavy atom. The quantitative estimate of drug-likeness (QED) is 0.724. The third-order valence-corrected chi connectivity index (χ3v) is 5.42. The molecule has 3 atom stereocenters. The molecule has 6 nitrogen and oxygen atoms in total. The average molecular weight is 395 g/mol. The van der Waals surface area contributed by atoms with E-state index in [0.29, 0.717) is 24.3 Å². The normalized spacial score (nSPS) is 19.3. The van der Waals surface area contributed by atoms with Gasteiger partial charge in [-0.1, -0.05) is 60.7 Å². The summed E-state index contributed by atoms with van der Waals surface area (Å²) in [6.45, 7) is 0.754. The monoisotopic (exact) mass is 395 g/mol. The van der Waals surface area contributed by atoms with Crippen molar-refractivity contribution < 1.29 is 24.0 Å². The number of benzene rings is 2. The van der Waals surface area contributed by atoms with Gasteiger partial charge in [0.1, 0.15) is 6.61 Å². The Morgan fingerprint density at radius 1 is 1.10 bits per heavy atom. The Morgan fingerprint density at radius 3 is 2.34 bits per heavy atom. The topological polar surface area (TPSA) is 68.1 Å². The minimum Gasteiger partial charge on any atom is -0.445 e. The van der Waals surface area contributed by atoms with Crippen LogP contribution < -0.4 is 4.90 Å². The molecule has 0 aliphatic carbocycles. The van der Waals surface area contributed by atoms with Gasteiger partial charge in [0.2, 0.25) is 0 Å². The summed E-state index contributed by atoms with van der Waals surface area (Å²) in [6.07, 6.45) is 2.21. The number of quaternary nitrogens is 1. The molecule has 1 aliphatic rings. The van der Waals surface area contributed by atoms with Gasteiger partial charge in [-0.25, -0.2) is 9.59 Å². The van der Waals surface area contributed by atoms with Crippen LogP contribution in [0.1, 0.15) is 24.0 Å². The fourth-order valence-corrected chi connectivity index (χ4v) is 3.73. The van der Waals surface area contributed by atoms with Gasteiger partial charge in [-0.3, -0.25) is 14.6 Å². The van der Waals surface area contributed by atoms with Gasteiger partial charge < -0.3 is 4.74 Å². The van der Waals surface area contributed by atoms with Crippen LogP contribution in [0.2, 0.25) is 0 Å². The van der Waals surface area contributed by atoms with Gasteiger partial charge in [-0.2, -0.15) is 0 Å². The van der Waals surface area contributed by atoms with Crippen LogP contribution in [0.15, 0.2) is 60.7 Å². The van der Waals surface area contributed by atoms with E-state index in [1.165, 1.54) is 4.90 Å². The number of nitrogens with one attached hydrogen (secondary N) is 1. The highest BCUT2D eigenvalue weighted by molar-refractivity contribution is 5.81. The molecule has 0 saturated carbocycles. The van der Waals surface area contributed by atoms with Crippen LogP contribution in [0, 0.1) is 0 Å². The van der Waals surface area contributed by atoms with E-state index in [2.05, 4.69) is 0 Å². The number of carbonyl (C=O) groups excluding carboxylic acids is 3. The molecule has 1 N–H and O–H groups in total. The fourth-order valence-electron chi connectivity index (χ4n) is 3.73. The molecule has 0 radical (unpaired) electrons. The van der Waals surface area contributed by atoms with Crippen molar-refractivity contribution in [2.24, 2.45) is 0 Å². The van der Waals surface area contributed by atoms with Crippen LogP contribution in [0.25, 0.3) is 0 Å². The fraction of sp³-hybridized carbons (Fsp3) is 0.348. The molecule has 0 spiro atoms. The molecule has 152 valence electrons. The van der Waals surface area contributed by atoms with Crippen molar-refractivity contribution in [3.05, 3.63) is 71.8 Å². The van der Waals surface area contributed by atoms with Crippen molar-refractivity contribution >= 4 is 18.3 Å². The second-order valence-corrected chi connectivity index (χ2v) is 7.38.